The molecule has 3 atom stereocenters. The molecule has 0 spiro atoms. The van der Waals surface area contributed by atoms with Crippen molar-refractivity contribution >= 4 is 0 Å². The van der Waals surface area contributed by atoms with Gasteiger partial charge in [0, 0.05) is 0 Å². The summed E-state index contributed by atoms with van der Waals surface area (Å²) in [6, 6.07) is 18.8. The van der Waals surface area contributed by atoms with Gasteiger partial charge in [0.05, 0.1) is 32.5 Å². The van der Waals surface area contributed by atoms with Crippen LogP contribution in [-0.2, 0) is 6.42 Å². The fourth-order valence-electron chi connectivity index (χ4n) is 5.68. The number of aliphatic hydroxyl groups is 1. The molecule has 248 valence electrons. The lowest BCUT2D eigenvalue weighted by Crippen LogP contribution is -2.08. The van der Waals surface area contributed by atoms with E-state index < -0.39 is 0 Å². The van der Waals surface area contributed by atoms with Gasteiger partial charge >= 0.3 is 0 Å². The summed E-state index contributed by atoms with van der Waals surface area (Å²) in [5, 5.41) is 9.23. The second kappa shape index (κ2) is 14.9. The van der Waals surface area contributed by atoms with Crippen LogP contribution >= 0.6 is 0 Å². The third-order valence-corrected chi connectivity index (χ3v) is 9.13. The maximum absolute atomic E-state index is 9.23. The van der Waals surface area contributed by atoms with Crippen LogP contribution in [0.3, 0.4) is 0 Å². The quantitative estimate of drug-likeness (QED) is 0.143. The Bertz CT molecular complexity index is 1440. The van der Waals surface area contributed by atoms with E-state index in [1.807, 2.05) is 6.07 Å². The van der Waals surface area contributed by atoms with Gasteiger partial charge in [-0.15, -0.1) is 0 Å². The Morgan fingerprint density at radius 2 is 1.35 bits per heavy atom. The molecule has 0 amide bonds. The third-order valence-electron chi connectivity index (χ3n) is 9.13. The van der Waals surface area contributed by atoms with E-state index in [4.69, 9.17) is 28.4 Å². The zero-order valence-corrected chi connectivity index (χ0v) is 27.8. The van der Waals surface area contributed by atoms with Crippen molar-refractivity contribution in [2.45, 2.75) is 102 Å². The average molecular weight is 631 g/mol. The molecule has 0 aromatic heterocycles. The molecule has 3 aromatic rings. The van der Waals surface area contributed by atoms with Crippen LogP contribution in [0.5, 0.6) is 34.5 Å². The Morgan fingerprint density at radius 3 is 2.04 bits per heavy atom. The van der Waals surface area contributed by atoms with E-state index in [0.717, 1.165) is 80.1 Å². The largest absolute Gasteiger partial charge is 0.493 e. The molecule has 3 aliphatic rings. The minimum atomic E-state index is -0.0337. The highest BCUT2D eigenvalue weighted by atomic mass is 16.5. The zero-order chi connectivity index (χ0) is 32.0. The second-order valence-corrected chi connectivity index (χ2v) is 13.5. The van der Waals surface area contributed by atoms with Gasteiger partial charge < -0.3 is 33.5 Å². The fourth-order valence-corrected chi connectivity index (χ4v) is 5.68. The topological polar surface area (TPSA) is 75.6 Å². The van der Waals surface area contributed by atoms with Crippen molar-refractivity contribution in [1.82, 2.24) is 0 Å². The number of hydrogen-bond donors (Lipinski definition) is 1. The van der Waals surface area contributed by atoms with Gasteiger partial charge in [-0.1, -0.05) is 39.0 Å². The van der Waals surface area contributed by atoms with Crippen molar-refractivity contribution in [3.8, 4) is 34.5 Å². The summed E-state index contributed by atoms with van der Waals surface area (Å²) in [6.45, 7) is 7.32. The van der Waals surface area contributed by atoms with Crippen molar-refractivity contribution in [3.63, 3.8) is 0 Å². The molecule has 3 aromatic carbocycles. The Hall–Kier alpha value is -3.58. The monoisotopic (exact) mass is 630 g/mol. The lowest BCUT2D eigenvalue weighted by atomic mass is 9.97. The van der Waals surface area contributed by atoms with Gasteiger partial charge in [0.2, 0.25) is 0 Å². The summed E-state index contributed by atoms with van der Waals surface area (Å²) >= 11 is 0. The van der Waals surface area contributed by atoms with E-state index in [-0.39, 0.29) is 25.2 Å². The summed E-state index contributed by atoms with van der Waals surface area (Å²) in [7, 11) is 1.71. The molecule has 3 fully saturated rings. The van der Waals surface area contributed by atoms with E-state index in [1.54, 1.807) is 7.11 Å². The SMILES string of the molecule is COc1cc(CCC2CC2Oc2cc(C(C)CCOc3cc(C(C)C)ccc3OCCO)ccc2OC2CC2)ccc1OC1CC1. The molecule has 6 rings (SSSR count). The molecule has 0 aliphatic heterocycles. The van der Waals surface area contributed by atoms with Gasteiger partial charge in [0.15, 0.2) is 34.5 Å². The first-order valence-electron chi connectivity index (χ1n) is 17.2. The molecule has 7 nitrogen and oxygen atoms in total. The first-order chi connectivity index (χ1) is 22.4. The number of benzene rings is 3. The van der Waals surface area contributed by atoms with Gasteiger partial charge in [-0.3, -0.25) is 0 Å². The molecule has 0 saturated heterocycles. The van der Waals surface area contributed by atoms with Gasteiger partial charge in [-0.05, 0) is 122 Å². The normalized spacial score (nSPS) is 19.4. The highest BCUT2D eigenvalue weighted by molar-refractivity contribution is 5.46. The number of aryl methyl sites for hydroxylation is 1. The van der Waals surface area contributed by atoms with Crippen LogP contribution in [-0.4, -0.2) is 50.3 Å². The van der Waals surface area contributed by atoms with Crippen molar-refractivity contribution in [1.29, 1.82) is 0 Å². The molecule has 7 heteroatoms. The summed E-state index contributed by atoms with van der Waals surface area (Å²) in [5.41, 5.74) is 3.68. The van der Waals surface area contributed by atoms with Crippen molar-refractivity contribution in [2.24, 2.45) is 5.92 Å². The van der Waals surface area contributed by atoms with Crippen LogP contribution in [0.4, 0.5) is 0 Å². The van der Waals surface area contributed by atoms with Crippen LogP contribution in [0.25, 0.3) is 0 Å². The molecule has 3 saturated carbocycles. The van der Waals surface area contributed by atoms with E-state index in [9.17, 15) is 5.11 Å². The van der Waals surface area contributed by atoms with Gasteiger partial charge in [-0.2, -0.15) is 0 Å². The fraction of sp³-hybridized carbons (Fsp3) is 0.538. The van der Waals surface area contributed by atoms with Gasteiger partial charge in [0.1, 0.15) is 12.7 Å². The second-order valence-electron chi connectivity index (χ2n) is 13.5. The molecule has 0 bridgehead atoms. The highest BCUT2D eigenvalue weighted by Gasteiger charge is 2.40. The van der Waals surface area contributed by atoms with Gasteiger partial charge in [-0.25, -0.2) is 0 Å². The Balaban J connectivity index is 1.04. The van der Waals surface area contributed by atoms with Crippen LogP contribution in [0, 0.1) is 5.92 Å². The van der Waals surface area contributed by atoms with E-state index in [1.165, 1.54) is 16.7 Å². The smallest absolute Gasteiger partial charge is 0.161 e. The predicted octanol–water partition coefficient (Wildman–Crippen LogP) is 8.24. The highest BCUT2D eigenvalue weighted by Crippen LogP contribution is 2.44. The first-order valence-corrected chi connectivity index (χ1v) is 17.2. The lowest BCUT2D eigenvalue weighted by Gasteiger charge is -2.19. The molecular weight excluding hydrogens is 580 g/mol. The molecule has 46 heavy (non-hydrogen) atoms. The zero-order valence-electron chi connectivity index (χ0n) is 27.8. The lowest BCUT2D eigenvalue weighted by molar-refractivity contribution is 0.192. The molecule has 0 heterocycles. The average Bonchev–Trinajstić information content (AvgIpc) is 3.93. The van der Waals surface area contributed by atoms with Crippen molar-refractivity contribution in [2.75, 3.05) is 26.9 Å². The molecule has 1 N–H and O–H groups in total. The van der Waals surface area contributed by atoms with Crippen molar-refractivity contribution in [3.05, 3.63) is 71.3 Å². The first kappa shape index (κ1) is 32.4. The van der Waals surface area contributed by atoms with Crippen LogP contribution in [0.15, 0.2) is 54.6 Å². The van der Waals surface area contributed by atoms with Crippen LogP contribution < -0.4 is 28.4 Å². The predicted molar refractivity (Wildman–Crippen MR) is 179 cm³/mol. The standard InChI is InChI=1S/C39H50O7/c1-25(2)28-8-15-33(43-20-18-40)38(22-28)42-19-17-26(3)29-9-16-35(45-32-12-13-32)39(23-29)46-36-24-30(36)7-5-27-6-14-34(37(21-27)41-4)44-31-10-11-31/h6,8-9,14-16,21-23,25-26,30-32,36,40H,5,7,10-13,17-20,24H2,1-4H3. The summed E-state index contributed by atoms with van der Waals surface area (Å²) in [6.07, 6.45) is 9.31. The van der Waals surface area contributed by atoms with E-state index >= 15 is 0 Å². The maximum atomic E-state index is 9.23. The summed E-state index contributed by atoms with van der Waals surface area (Å²) < 4.78 is 36.5. The van der Waals surface area contributed by atoms with E-state index in [0.29, 0.717) is 36.4 Å². The molecule has 3 unspecified atom stereocenters. The third kappa shape index (κ3) is 8.81. The Morgan fingerprint density at radius 1 is 0.696 bits per heavy atom. The summed E-state index contributed by atoms with van der Waals surface area (Å²) in [5.74, 6) is 5.96. The minimum absolute atomic E-state index is 0.0337. The van der Waals surface area contributed by atoms with Crippen LogP contribution in [0.2, 0.25) is 0 Å². The van der Waals surface area contributed by atoms with Crippen molar-refractivity contribution < 1.29 is 33.5 Å². The van der Waals surface area contributed by atoms with E-state index in [2.05, 4.69) is 69.3 Å². The number of methoxy groups -OCH3 is 1. The summed E-state index contributed by atoms with van der Waals surface area (Å²) in [4.78, 5) is 0. The number of rotatable bonds is 19. The molecule has 0 radical (unpaired) electrons. The molecular formula is C39H50O7. The van der Waals surface area contributed by atoms with Crippen LogP contribution in [0.1, 0.15) is 94.2 Å². The van der Waals surface area contributed by atoms with Gasteiger partial charge in [0.25, 0.3) is 0 Å². The maximum Gasteiger partial charge on any atom is 0.161 e. The Kier molecular flexibility index (Phi) is 10.5. The number of aliphatic hydroxyl groups excluding tert-OH is 1. The number of hydrogen-bond acceptors (Lipinski definition) is 7. The molecule has 3 aliphatic carbocycles. The minimum Gasteiger partial charge on any atom is -0.493 e. The Labute approximate surface area is 274 Å². The number of ether oxygens (including phenoxy) is 6.